The van der Waals surface area contributed by atoms with E-state index in [2.05, 4.69) is 20.3 Å². The molecule has 0 bridgehead atoms. The summed E-state index contributed by atoms with van der Waals surface area (Å²) in [5, 5.41) is 6.99. The summed E-state index contributed by atoms with van der Waals surface area (Å²) in [4.78, 5) is 17.5. The Labute approximate surface area is 241 Å². The fourth-order valence-corrected chi connectivity index (χ4v) is 7.06. The molecule has 0 spiro atoms. The average Bonchev–Trinajstić information content (AvgIpc) is 3.37. The third-order valence-corrected chi connectivity index (χ3v) is 9.38. The van der Waals surface area contributed by atoms with Crippen LogP contribution in [0, 0.1) is 5.92 Å². The molecule has 1 amide bonds. The van der Waals surface area contributed by atoms with Gasteiger partial charge >= 0.3 is 6.09 Å². The van der Waals surface area contributed by atoms with Crippen molar-refractivity contribution in [3.8, 4) is 10.4 Å². The van der Waals surface area contributed by atoms with Gasteiger partial charge in [-0.1, -0.05) is 26.8 Å². The zero-order chi connectivity index (χ0) is 29.4. The Balaban J connectivity index is 1.81. The van der Waals surface area contributed by atoms with Crippen LogP contribution in [-0.2, 0) is 14.8 Å². The van der Waals surface area contributed by atoms with Gasteiger partial charge in [0, 0.05) is 36.0 Å². The summed E-state index contributed by atoms with van der Waals surface area (Å²) in [5.74, 6) is 0.793. The maximum Gasteiger partial charge on any atom is 0.407 e. The summed E-state index contributed by atoms with van der Waals surface area (Å²) in [6.45, 7) is 9.67. The van der Waals surface area contributed by atoms with Gasteiger partial charge in [0.25, 0.3) is 0 Å². The first-order chi connectivity index (χ1) is 18.9. The summed E-state index contributed by atoms with van der Waals surface area (Å²) < 4.78 is 34.2. The molecule has 1 aliphatic carbocycles. The van der Waals surface area contributed by atoms with Crippen LogP contribution in [0.25, 0.3) is 10.4 Å². The average molecular weight is 591 g/mol. The van der Waals surface area contributed by atoms with E-state index in [1.807, 2.05) is 27.7 Å². The first-order valence-electron chi connectivity index (χ1n) is 13.7. The van der Waals surface area contributed by atoms with Gasteiger partial charge in [0.1, 0.15) is 5.82 Å². The van der Waals surface area contributed by atoms with Crippen molar-refractivity contribution in [2.75, 3.05) is 11.9 Å². The molecule has 1 aliphatic rings. The number of hydrogen-bond acceptors (Lipinski definition) is 9. The number of ether oxygens (including phenoxy) is 1. The Kier molecular flexibility index (Phi) is 11.0. The number of aromatic nitrogens is 1. The first kappa shape index (κ1) is 31.4. The van der Waals surface area contributed by atoms with E-state index in [0.29, 0.717) is 17.1 Å². The predicted octanol–water partition coefficient (Wildman–Crippen LogP) is 4.98. The topological polar surface area (TPSA) is 161 Å². The molecule has 1 aromatic carbocycles. The summed E-state index contributed by atoms with van der Waals surface area (Å²) in [6, 6.07) is 5.24. The summed E-state index contributed by atoms with van der Waals surface area (Å²) in [6.07, 6.45) is 7.89. The van der Waals surface area contributed by atoms with Crippen molar-refractivity contribution in [1.29, 1.82) is 0 Å². The van der Waals surface area contributed by atoms with Gasteiger partial charge in [-0.15, -0.1) is 11.3 Å². The fourth-order valence-electron chi connectivity index (χ4n) is 4.58. The highest BCUT2D eigenvalue weighted by Gasteiger charge is 2.27. The third-order valence-electron chi connectivity index (χ3n) is 6.61. The lowest BCUT2D eigenvalue weighted by molar-refractivity contribution is 0.109. The Bertz CT molecular complexity index is 1330. The molecule has 0 atom stereocenters. The minimum Gasteiger partial charge on any atom is -0.447 e. The SMILES string of the molecule is CCNS(=O)(=O)c1cc(N/C(N)=C/C(=C\N)C(C)C)ccc1-c1cnc(C2CCC(NC(=O)OC(C)C)CC2)s1. The molecule has 40 heavy (non-hydrogen) atoms. The van der Waals surface area contributed by atoms with Gasteiger partial charge in [-0.05, 0) is 75.4 Å². The van der Waals surface area contributed by atoms with Crippen molar-refractivity contribution in [1.82, 2.24) is 15.0 Å². The minimum absolute atomic E-state index is 0.0808. The number of benzene rings is 1. The Morgan fingerprint density at radius 2 is 1.90 bits per heavy atom. The molecule has 1 fully saturated rings. The van der Waals surface area contributed by atoms with Crippen LogP contribution in [0.15, 0.2) is 53.0 Å². The highest BCUT2D eigenvalue weighted by Crippen LogP contribution is 2.40. The third kappa shape index (κ3) is 8.45. The van der Waals surface area contributed by atoms with E-state index in [0.717, 1.165) is 41.1 Å². The van der Waals surface area contributed by atoms with Crippen molar-refractivity contribution in [3.05, 3.63) is 53.1 Å². The molecular formula is C28H42N6O4S2. The van der Waals surface area contributed by atoms with E-state index < -0.39 is 10.0 Å². The number of amides is 1. The zero-order valence-corrected chi connectivity index (χ0v) is 25.5. The molecule has 1 heterocycles. The molecule has 12 heteroatoms. The molecule has 2 aromatic rings. The molecule has 1 aromatic heterocycles. The maximum absolute atomic E-state index is 13.2. The number of hydrogen-bond donors (Lipinski definition) is 5. The van der Waals surface area contributed by atoms with Gasteiger partial charge in [0.15, 0.2) is 0 Å². The number of nitrogens with two attached hydrogens (primary N) is 2. The lowest BCUT2D eigenvalue weighted by atomic mass is 9.86. The number of carbonyl (C=O) groups excluding carboxylic acids is 1. The van der Waals surface area contributed by atoms with Crippen LogP contribution in [0.1, 0.15) is 71.2 Å². The molecule has 0 saturated heterocycles. The molecule has 3 rings (SSSR count). The van der Waals surface area contributed by atoms with Crippen molar-refractivity contribution in [2.24, 2.45) is 17.4 Å². The Morgan fingerprint density at radius 1 is 1.20 bits per heavy atom. The normalized spacial score (nSPS) is 18.7. The van der Waals surface area contributed by atoms with E-state index in [-0.39, 0.29) is 41.5 Å². The second kappa shape index (κ2) is 14.0. The lowest BCUT2D eigenvalue weighted by Gasteiger charge is -2.28. The van der Waals surface area contributed by atoms with Crippen LogP contribution in [0.4, 0.5) is 10.5 Å². The van der Waals surface area contributed by atoms with Gasteiger partial charge in [-0.3, -0.25) is 0 Å². The second-order valence-corrected chi connectivity index (χ2v) is 13.3. The van der Waals surface area contributed by atoms with Crippen LogP contribution in [0.3, 0.4) is 0 Å². The van der Waals surface area contributed by atoms with Gasteiger partial charge in [-0.2, -0.15) is 0 Å². The van der Waals surface area contributed by atoms with Crippen LogP contribution >= 0.6 is 11.3 Å². The Hall–Kier alpha value is -3.09. The first-order valence-corrected chi connectivity index (χ1v) is 16.0. The zero-order valence-electron chi connectivity index (χ0n) is 23.9. The lowest BCUT2D eigenvalue weighted by Crippen LogP contribution is -2.38. The number of nitrogens with zero attached hydrogens (tertiary/aromatic N) is 1. The number of carbonyl (C=O) groups is 1. The maximum atomic E-state index is 13.2. The number of rotatable bonds is 11. The number of nitrogens with one attached hydrogen (secondary N) is 3. The van der Waals surface area contributed by atoms with Crippen molar-refractivity contribution < 1.29 is 17.9 Å². The van der Waals surface area contributed by atoms with E-state index in [9.17, 15) is 13.2 Å². The summed E-state index contributed by atoms with van der Waals surface area (Å²) >= 11 is 1.51. The molecule has 0 aliphatic heterocycles. The van der Waals surface area contributed by atoms with E-state index in [4.69, 9.17) is 16.2 Å². The van der Waals surface area contributed by atoms with Crippen LogP contribution in [-0.4, -0.2) is 38.2 Å². The van der Waals surface area contributed by atoms with Crippen LogP contribution < -0.4 is 26.8 Å². The monoisotopic (exact) mass is 590 g/mol. The second-order valence-electron chi connectivity index (χ2n) is 10.5. The summed E-state index contributed by atoms with van der Waals surface area (Å²) in [5.41, 5.74) is 13.9. The van der Waals surface area contributed by atoms with Crippen molar-refractivity contribution in [3.63, 3.8) is 0 Å². The molecule has 0 unspecified atom stereocenters. The van der Waals surface area contributed by atoms with Crippen molar-refractivity contribution >= 4 is 33.1 Å². The highest BCUT2D eigenvalue weighted by molar-refractivity contribution is 7.89. The van der Waals surface area contributed by atoms with E-state index >= 15 is 0 Å². The molecule has 1 saturated carbocycles. The molecule has 7 N–H and O–H groups in total. The largest absolute Gasteiger partial charge is 0.447 e. The Morgan fingerprint density at radius 3 is 2.50 bits per heavy atom. The number of anilines is 1. The minimum atomic E-state index is -3.79. The quantitative estimate of drug-likeness (QED) is 0.229. The molecule has 10 nitrogen and oxygen atoms in total. The fraction of sp³-hybridized carbons (Fsp3) is 0.500. The van der Waals surface area contributed by atoms with Gasteiger partial charge in [-0.25, -0.2) is 22.9 Å². The van der Waals surface area contributed by atoms with Crippen LogP contribution in [0.5, 0.6) is 0 Å². The number of thiazole rings is 1. The van der Waals surface area contributed by atoms with Gasteiger partial charge in [0.05, 0.1) is 20.9 Å². The smallest absolute Gasteiger partial charge is 0.407 e. The standard InChI is InChI=1S/C28H42N6O4S2/c1-6-32-40(36,37)25-14-22(33-26(30)13-20(15-29)17(2)3)11-12-23(25)24-16-31-27(39-24)19-7-9-21(10-8-19)34-28(35)38-18(4)5/h11-19,21,32-33H,6-10,29-30H2,1-5H3,(H,34,35)/b20-15+,26-13+. The number of alkyl carbamates (subject to hydrolysis) is 1. The summed E-state index contributed by atoms with van der Waals surface area (Å²) in [7, 11) is -3.79. The van der Waals surface area contributed by atoms with Gasteiger partial charge in [0.2, 0.25) is 10.0 Å². The van der Waals surface area contributed by atoms with Gasteiger partial charge < -0.3 is 26.8 Å². The van der Waals surface area contributed by atoms with Crippen LogP contribution in [0.2, 0.25) is 0 Å². The molecule has 0 radical (unpaired) electrons. The molecule has 220 valence electrons. The highest BCUT2D eigenvalue weighted by atomic mass is 32.2. The molecular weight excluding hydrogens is 548 g/mol. The van der Waals surface area contributed by atoms with E-state index in [1.165, 1.54) is 17.5 Å². The van der Waals surface area contributed by atoms with E-state index in [1.54, 1.807) is 37.4 Å². The predicted molar refractivity (Wildman–Crippen MR) is 161 cm³/mol. The van der Waals surface area contributed by atoms with Crippen molar-refractivity contribution in [2.45, 2.75) is 83.3 Å². The number of sulfonamides is 1. The number of allylic oxidation sites excluding steroid dienone is 2.